The van der Waals surface area contributed by atoms with E-state index in [4.69, 9.17) is 9.47 Å². The Labute approximate surface area is 209 Å². The second-order valence-corrected chi connectivity index (χ2v) is 9.70. The molecule has 7 nitrogen and oxygen atoms in total. The average Bonchev–Trinajstić information content (AvgIpc) is 2.93. The van der Waals surface area contributed by atoms with E-state index in [-0.39, 0.29) is 10.6 Å². The average molecular weight is 499 g/mol. The first-order valence-electron chi connectivity index (χ1n) is 10.9. The van der Waals surface area contributed by atoms with Crippen LogP contribution < -0.4 is 13.8 Å². The van der Waals surface area contributed by atoms with E-state index < -0.39 is 16.0 Å². The summed E-state index contributed by atoms with van der Waals surface area (Å²) in [5.74, 6) is 0.216. The molecule has 4 rings (SSSR count). The Balaban J connectivity index is 1.55. The number of benzene rings is 4. The summed E-state index contributed by atoms with van der Waals surface area (Å²) in [6.07, 6.45) is 0. The largest absolute Gasteiger partial charge is 0.497 e. The van der Waals surface area contributed by atoms with Gasteiger partial charge in [0, 0.05) is 12.6 Å². The van der Waals surface area contributed by atoms with Gasteiger partial charge in [0.25, 0.3) is 10.0 Å². The van der Waals surface area contributed by atoms with Gasteiger partial charge in [-0.3, -0.25) is 4.31 Å². The highest BCUT2D eigenvalue weighted by Crippen LogP contribution is 2.29. The van der Waals surface area contributed by atoms with Crippen molar-refractivity contribution in [2.24, 2.45) is 0 Å². The molecule has 4 aromatic carbocycles. The van der Waals surface area contributed by atoms with Crippen LogP contribution in [-0.2, 0) is 10.0 Å². The maximum atomic E-state index is 13.0. The van der Waals surface area contributed by atoms with Crippen LogP contribution in [0.3, 0.4) is 0 Å². The van der Waals surface area contributed by atoms with E-state index in [1.165, 1.54) is 38.4 Å². The number of methoxy groups -OCH3 is 1. The van der Waals surface area contributed by atoms with Crippen molar-refractivity contribution in [1.29, 1.82) is 5.26 Å². The van der Waals surface area contributed by atoms with E-state index in [1.807, 2.05) is 0 Å². The third kappa shape index (κ3) is 4.92. The summed E-state index contributed by atoms with van der Waals surface area (Å²) in [6.45, 7) is 0. The normalized spacial score (nSPS) is 10.8. The highest BCUT2D eigenvalue weighted by atomic mass is 32.2. The monoisotopic (exact) mass is 498 g/mol. The lowest BCUT2D eigenvalue weighted by Crippen LogP contribution is -2.26. The van der Waals surface area contributed by atoms with E-state index in [0.29, 0.717) is 33.7 Å². The maximum absolute atomic E-state index is 13.0. The molecule has 0 aliphatic carbocycles. The molecule has 0 unspecified atom stereocenters. The van der Waals surface area contributed by atoms with Gasteiger partial charge in [-0.25, -0.2) is 13.2 Å². The summed E-state index contributed by atoms with van der Waals surface area (Å²) in [5, 5.41) is 9.45. The lowest BCUT2D eigenvalue weighted by Gasteiger charge is -2.20. The summed E-state index contributed by atoms with van der Waals surface area (Å²) >= 11 is 0. The lowest BCUT2D eigenvalue weighted by atomic mass is 9.96. The first-order valence-corrected chi connectivity index (χ1v) is 12.3. The van der Waals surface area contributed by atoms with Crippen LogP contribution in [0.5, 0.6) is 11.5 Å². The highest BCUT2D eigenvalue weighted by Gasteiger charge is 2.22. The molecule has 0 spiro atoms. The van der Waals surface area contributed by atoms with Crippen LogP contribution in [0.2, 0.25) is 0 Å². The van der Waals surface area contributed by atoms with Gasteiger partial charge in [0.15, 0.2) is 0 Å². The van der Waals surface area contributed by atoms with Crippen LogP contribution in [-0.4, -0.2) is 28.5 Å². The van der Waals surface area contributed by atoms with E-state index >= 15 is 0 Å². The molecule has 0 aliphatic rings. The number of carbonyl (C=O) groups excluding carboxylic acids is 1. The van der Waals surface area contributed by atoms with Crippen LogP contribution in [0, 0.1) is 11.3 Å². The van der Waals surface area contributed by atoms with Crippen molar-refractivity contribution >= 4 is 21.7 Å². The first-order chi connectivity index (χ1) is 17.3. The van der Waals surface area contributed by atoms with Gasteiger partial charge in [-0.15, -0.1) is 0 Å². The predicted octanol–water partition coefficient (Wildman–Crippen LogP) is 5.28. The molecule has 0 bridgehead atoms. The quantitative estimate of drug-likeness (QED) is 0.254. The zero-order valence-corrected chi connectivity index (χ0v) is 20.4. The molecule has 0 aliphatic heterocycles. The molecule has 0 saturated heterocycles. The fraction of sp³-hybridized carbons (Fsp3) is 0.0714. The zero-order valence-electron chi connectivity index (χ0n) is 19.6. The number of nitriles is 1. The second-order valence-electron chi connectivity index (χ2n) is 7.73. The molecule has 0 N–H and O–H groups in total. The Morgan fingerprint density at radius 2 is 1.39 bits per heavy atom. The zero-order chi connectivity index (χ0) is 25.7. The second kappa shape index (κ2) is 10.3. The molecular weight excluding hydrogens is 476 g/mol. The standard InChI is InChI=1S/C28H22N2O5S/c1-30(36(32,33)24-17-15-22(34-2)16-18-24)21-11-13-23(14-12-21)35-28(31)27-10-6-5-9-26(27)25-8-4-3-7-20(25)19-29/h3-18H,1-2H3. The van der Waals surface area contributed by atoms with Gasteiger partial charge < -0.3 is 9.47 Å². The number of sulfonamides is 1. The van der Waals surface area contributed by atoms with Crippen molar-refractivity contribution in [3.63, 3.8) is 0 Å². The van der Waals surface area contributed by atoms with Gasteiger partial charge in [-0.05, 0) is 66.2 Å². The third-order valence-corrected chi connectivity index (χ3v) is 7.41. The van der Waals surface area contributed by atoms with Crippen molar-refractivity contribution < 1.29 is 22.7 Å². The number of esters is 1. The van der Waals surface area contributed by atoms with Crippen molar-refractivity contribution in [3.05, 3.63) is 108 Å². The maximum Gasteiger partial charge on any atom is 0.344 e. The fourth-order valence-corrected chi connectivity index (χ4v) is 4.84. The molecule has 0 aromatic heterocycles. The number of anilines is 1. The Morgan fingerprint density at radius 3 is 2.03 bits per heavy atom. The Hall–Kier alpha value is -4.61. The third-order valence-electron chi connectivity index (χ3n) is 5.61. The summed E-state index contributed by atoms with van der Waals surface area (Å²) in [6, 6.07) is 28.3. The van der Waals surface area contributed by atoms with E-state index in [1.54, 1.807) is 72.8 Å². The van der Waals surface area contributed by atoms with Gasteiger partial charge in [-0.1, -0.05) is 36.4 Å². The van der Waals surface area contributed by atoms with Gasteiger partial charge in [0.05, 0.1) is 34.9 Å². The smallest absolute Gasteiger partial charge is 0.344 e. The minimum atomic E-state index is -3.80. The van der Waals surface area contributed by atoms with E-state index in [2.05, 4.69) is 6.07 Å². The van der Waals surface area contributed by atoms with Crippen molar-refractivity contribution in [1.82, 2.24) is 0 Å². The fourth-order valence-electron chi connectivity index (χ4n) is 3.64. The van der Waals surface area contributed by atoms with Crippen LogP contribution >= 0.6 is 0 Å². The molecular formula is C28H22N2O5S. The highest BCUT2D eigenvalue weighted by molar-refractivity contribution is 7.92. The molecule has 0 fully saturated rings. The number of rotatable bonds is 7. The SMILES string of the molecule is COc1ccc(S(=O)(=O)N(C)c2ccc(OC(=O)c3ccccc3-c3ccccc3C#N)cc2)cc1. The summed E-state index contributed by atoms with van der Waals surface area (Å²) in [5.41, 5.74) is 2.37. The van der Waals surface area contributed by atoms with Crippen LogP contribution in [0.4, 0.5) is 5.69 Å². The lowest BCUT2D eigenvalue weighted by molar-refractivity contribution is 0.0735. The molecule has 8 heteroatoms. The van der Waals surface area contributed by atoms with Gasteiger partial charge in [0.2, 0.25) is 0 Å². The topological polar surface area (TPSA) is 96.7 Å². The summed E-state index contributed by atoms with van der Waals surface area (Å²) < 4.78 is 37.8. The Bertz CT molecular complexity index is 1540. The number of hydrogen-bond acceptors (Lipinski definition) is 6. The molecule has 0 heterocycles. The van der Waals surface area contributed by atoms with Crippen LogP contribution in [0.1, 0.15) is 15.9 Å². The number of ether oxygens (including phenoxy) is 2. The van der Waals surface area contributed by atoms with Gasteiger partial charge >= 0.3 is 5.97 Å². The molecule has 0 saturated carbocycles. The molecule has 180 valence electrons. The molecule has 4 aromatic rings. The van der Waals surface area contributed by atoms with Crippen molar-refractivity contribution in [3.8, 4) is 28.7 Å². The van der Waals surface area contributed by atoms with Crippen molar-refractivity contribution in [2.75, 3.05) is 18.5 Å². The van der Waals surface area contributed by atoms with E-state index in [0.717, 1.165) is 4.31 Å². The number of hydrogen-bond donors (Lipinski definition) is 0. The molecule has 36 heavy (non-hydrogen) atoms. The summed E-state index contributed by atoms with van der Waals surface area (Å²) in [4.78, 5) is 13.1. The minimum Gasteiger partial charge on any atom is -0.497 e. The number of nitrogens with zero attached hydrogens (tertiary/aromatic N) is 2. The minimum absolute atomic E-state index is 0.121. The summed E-state index contributed by atoms with van der Waals surface area (Å²) in [7, 11) is -0.839. The predicted molar refractivity (Wildman–Crippen MR) is 137 cm³/mol. The first kappa shape index (κ1) is 24.5. The van der Waals surface area contributed by atoms with E-state index in [9.17, 15) is 18.5 Å². The van der Waals surface area contributed by atoms with Crippen LogP contribution in [0.25, 0.3) is 11.1 Å². The number of carbonyl (C=O) groups is 1. The van der Waals surface area contributed by atoms with Gasteiger partial charge in [-0.2, -0.15) is 5.26 Å². The molecule has 0 amide bonds. The Kier molecular flexibility index (Phi) is 7.04. The Morgan fingerprint density at radius 1 is 0.806 bits per heavy atom. The van der Waals surface area contributed by atoms with Gasteiger partial charge in [0.1, 0.15) is 11.5 Å². The van der Waals surface area contributed by atoms with Crippen LogP contribution in [0.15, 0.2) is 102 Å². The van der Waals surface area contributed by atoms with Crippen molar-refractivity contribution in [2.45, 2.75) is 4.90 Å². The molecule has 0 atom stereocenters. The molecule has 0 radical (unpaired) electrons.